The first-order valence-electron chi connectivity index (χ1n) is 5.21. The standard InChI is InChI=1S/C12H19NO2/c1-3-15-12(8-13)11-6-4-5-10(7-11)9-14-2/h4-7,12H,3,8-9,13H2,1-2H3. The Morgan fingerprint density at radius 1 is 1.40 bits per heavy atom. The predicted molar refractivity (Wildman–Crippen MR) is 60.6 cm³/mol. The molecule has 3 nitrogen and oxygen atoms in total. The third-order valence-corrected chi connectivity index (χ3v) is 2.22. The van der Waals surface area contributed by atoms with Gasteiger partial charge in [0, 0.05) is 20.3 Å². The van der Waals surface area contributed by atoms with Crippen LogP contribution in [0.3, 0.4) is 0 Å². The number of ether oxygens (including phenoxy) is 2. The van der Waals surface area contributed by atoms with E-state index in [-0.39, 0.29) is 6.10 Å². The van der Waals surface area contributed by atoms with E-state index >= 15 is 0 Å². The maximum Gasteiger partial charge on any atom is 0.0947 e. The second-order valence-corrected chi connectivity index (χ2v) is 3.36. The Hall–Kier alpha value is -0.900. The molecule has 0 amide bonds. The average Bonchev–Trinajstić information content (AvgIpc) is 2.27. The molecule has 0 spiro atoms. The minimum Gasteiger partial charge on any atom is -0.380 e. The van der Waals surface area contributed by atoms with E-state index in [1.807, 2.05) is 25.1 Å². The number of methoxy groups -OCH3 is 1. The van der Waals surface area contributed by atoms with Gasteiger partial charge in [-0.25, -0.2) is 0 Å². The lowest BCUT2D eigenvalue weighted by atomic mass is 10.1. The van der Waals surface area contributed by atoms with Crippen LogP contribution in [0.2, 0.25) is 0 Å². The van der Waals surface area contributed by atoms with Gasteiger partial charge in [0.15, 0.2) is 0 Å². The second-order valence-electron chi connectivity index (χ2n) is 3.36. The van der Waals surface area contributed by atoms with Gasteiger partial charge in [0.05, 0.1) is 12.7 Å². The number of hydrogen-bond acceptors (Lipinski definition) is 3. The molecule has 1 aromatic carbocycles. The van der Waals surface area contributed by atoms with Crippen LogP contribution in [0, 0.1) is 0 Å². The van der Waals surface area contributed by atoms with E-state index in [4.69, 9.17) is 15.2 Å². The van der Waals surface area contributed by atoms with E-state index in [0.29, 0.717) is 19.8 Å². The Morgan fingerprint density at radius 2 is 2.20 bits per heavy atom. The van der Waals surface area contributed by atoms with Crippen molar-refractivity contribution in [1.29, 1.82) is 0 Å². The van der Waals surface area contributed by atoms with Crippen molar-refractivity contribution >= 4 is 0 Å². The zero-order valence-electron chi connectivity index (χ0n) is 9.40. The summed E-state index contributed by atoms with van der Waals surface area (Å²) in [6, 6.07) is 8.15. The molecule has 0 fully saturated rings. The molecule has 1 unspecified atom stereocenters. The first-order chi connectivity index (χ1) is 7.31. The monoisotopic (exact) mass is 209 g/mol. The summed E-state index contributed by atoms with van der Waals surface area (Å²) < 4.78 is 10.6. The molecule has 0 aromatic heterocycles. The van der Waals surface area contributed by atoms with Gasteiger partial charge in [0.25, 0.3) is 0 Å². The van der Waals surface area contributed by atoms with Crippen molar-refractivity contribution in [3.8, 4) is 0 Å². The Morgan fingerprint density at radius 3 is 2.80 bits per heavy atom. The van der Waals surface area contributed by atoms with Gasteiger partial charge in [-0.1, -0.05) is 24.3 Å². The van der Waals surface area contributed by atoms with Crippen LogP contribution >= 0.6 is 0 Å². The molecule has 1 rings (SSSR count). The average molecular weight is 209 g/mol. The Bertz CT molecular complexity index is 289. The van der Waals surface area contributed by atoms with Gasteiger partial charge in [0.1, 0.15) is 0 Å². The molecule has 0 radical (unpaired) electrons. The molecule has 0 saturated heterocycles. The van der Waals surface area contributed by atoms with Gasteiger partial charge in [-0.05, 0) is 18.1 Å². The number of benzene rings is 1. The van der Waals surface area contributed by atoms with Crippen LogP contribution in [0.5, 0.6) is 0 Å². The maximum absolute atomic E-state index is 5.66. The van der Waals surface area contributed by atoms with Gasteiger partial charge >= 0.3 is 0 Å². The SMILES string of the molecule is CCOC(CN)c1cccc(COC)c1. The van der Waals surface area contributed by atoms with Gasteiger partial charge in [-0.2, -0.15) is 0 Å². The van der Waals surface area contributed by atoms with Crippen LogP contribution in [-0.4, -0.2) is 20.3 Å². The Labute approximate surface area is 91.2 Å². The van der Waals surface area contributed by atoms with Gasteiger partial charge in [-0.15, -0.1) is 0 Å². The summed E-state index contributed by atoms with van der Waals surface area (Å²) in [6.07, 6.45) is -0.00759. The highest BCUT2D eigenvalue weighted by Crippen LogP contribution is 2.17. The molecule has 3 heteroatoms. The van der Waals surface area contributed by atoms with Crippen LogP contribution < -0.4 is 5.73 Å². The molecule has 84 valence electrons. The minimum atomic E-state index is -0.00759. The highest BCUT2D eigenvalue weighted by Gasteiger charge is 2.09. The van der Waals surface area contributed by atoms with E-state index in [2.05, 4.69) is 6.07 Å². The highest BCUT2D eigenvalue weighted by molar-refractivity contribution is 5.25. The lowest BCUT2D eigenvalue weighted by molar-refractivity contribution is 0.0687. The van der Waals surface area contributed by atoms with Crippen molar-refractivity contribution in [3.63, 3.8) is 0 Å². The van der Waals surface area contributed by atoms with Crippen LogP contribution in [0.25, 0.3) is 0 Å². The summed E-state index contributed by atoms with van der Waals surface area (Å²) in [7, 11) is 1.69. The van der Waals surface area contributed by atoms with Crippen molar-refractivity contribution < 1.29 is 9.47 Å². The van der Waals surface area contributed by atoms with Crippen LogP contribution in [-0.2, 0) is 16.1 Å². The molecule has 15 heavy (non-hydrogen) atoms. The fourth-order valence-electron chi connectivity index (χ4n) is 1.55. The first kappa shape index (κ1) is 12.2. The summed E-state index contributed by atoms with van der Waals surface area (Å²) in [5.41, 5.74) is 7.92. The van der Waals surface area contributed by atoms with E-state index in [1.165, 1.54) is 0 Å². The summed E-state index contributed by atoms with van der Waals surface area (Å²) >= 11 is 0. The fraction of sp³-hybridized carbons (Fsp3) is 0.500. The largest absolute Gasteiger partial charge is 0.380 e. The molecule has 0 aliphatic heterocycles. The highest BCUT2D eigenvalue weighted by atomic mass is 16.5. The van der Waals surface area contributed by atoms with Crippen molar-refractivity contribution in [2.75, 3.05) is 20.3 Å². The summed E-state index contributed by atoms with van der Waals surface area (Å²) in [4.78, 5) is 0. The van der Waals surface area contributed by atoms with E-state index in [1.54, 1.807) is 7.11 Å². The normalized spacial score (nSPS) is 12.7. The molecule has 0 heterocycles. The second kappa shape index (κ2) is 6.56. The molecule has 1 aromatic rings. The Kier molecular flexibility index (Phi) is 5.32. The minimum absolute atomic E-state index is 0.00759. The van der Waals surface area contributed by atoms with Crippen LogP contribution in [0.15, 0.2) is 24.3 Å². The third-order valence-electron chi connectivity index (χ3n) is 2.22. The lowest BCUT2D eigenvalue weighted by Gasteiger charge is -2.15. The number of rotatable bonds is 6. The number of hydrogen-bond donors (Lipinski definition) is 1. The topological polar surface area (TPSA) is 44.5 Å². The molecule has 0 bridgehead atoms. The lowest BCUT2D eigenvalue weighted by Crippen LogP contribution is -2.15. The van der Waals surface area contributed by atoms with Crippen molar-refractivity contribution in [2.45, 2.75) is 19.6 Å². The fourth-order valence-corrected chi connectivity index (χ4v) is 1.55. The molecule has 0 aliphatic carbocycles. The summed E-state index contributed by atoms with van der Waals surface area (Å²) in [6.45, 7) is 3.78. The molecular formula is C12H19NO2. The summed E-state index contributed by atoms with van der Waals surface area (Å²) in [5.74, 6) is 0. The summed E-state index contributed by atoms with van der Waals surface area (Å²) in [5, 5.41) is 0. The third kappa shape index (κ3) is 3.63. The molecule has 0 saturated carbocycles. The molecule has 1 atom stereocenters. The van der Waals surface area contributed by atoms with Crippen LogP contribution in [0.4, 0.5) is 0 Å². The molecular weight excluding hydrogens is 190 g/mol. The molecule has 2 N–H and O–H groups in total. The quantitative estimate of drug-likeness (QED) is 0.778. The smallest absolute Gasteiger partial charge is 0.0947 e. The van der Waals surface area contributed by atoms with Crippen molar-refractivity contribution in [2.24, 2.45) is 5.73 Å². The van der Waals surface area contributed by atoms with Gasteiger partial charge < -0.3 is 15.2 Å². The zero-order valence-corrected chi connectivity index (χ0v) is 9.40. The number of nitrogens with two attached hydrogens (primary N) is 1. The molecule has 0 aliphatic rings. The van der Waals surface area contributed by atoms with Gasteiger partial charge in [0.2, 0.25) is 0 Å². The van der Waals surface area contributed by atoms with E-state index < -0.39 is 0 Å². The van der Waals surface area contributed by atoms with Gasteiger partial charge in [-0.3, -0.25) is 0 Å². The zero-order chi connectivity index (χ0) is 11.1. The first-order valence-corrected chi connectivity index (χ1v) is 5.21. The van der Waals surface area contributed by atoms with Crippen molar-refractivity contribution in [1.82, 2.24) is 0 Å². The predicted octanol–water partition coefficient (Wildman–Crippen LogP) is 1.87. The van der Waals surface area contributed by atoms with E-state index in [0.717, 1.165) is 11.1 Å². The van der Waals surface area contributed by atoms with Crippen LogP contribution in [0.1, 0.15) is 24.2 Å². The Balaban J connectivity index is 2.77. The van der Waals surface area contributed by atoms with Crippen molar-refractivity contribution in [3.05, 3.63) is 35.4 Å². The maximum atomic E-state index is 5.66. The van der Waals surface area contributed by atoms with E-state index in [9.17, 15) is 0 Å².